The highest BCUT2D eigenvalue weighted by Gasteiger charge is 2.33. The predicted octanol–water partition coefficient (Wildman–Crippen LogP) is 1.45. The Balaban J connectivity index is 1.83. The second-order valence-corrected chi connectivity index (χ2v) is 6.32. The fourth-order valence-corrected chi connectivity index (χ4v) is 3.17. The first-order chi connectivity index (χ1) is 10.9. The number of aromatic nitrogens is 1. The molecular weight excluding hydrogens is 320 g/mol. The van der Waals surface area contributed by atoms with Crippen molar-refractivity contribution >= 4 is 28.5 Å². The van der Waals surface area contributed by atoms with E-state index in [1.807, 2.05) is 4.90 Å². The molecule has 2 heterocycles. The normalized spacial score (nSPS) is 22.3. The number of carboxylic acids is 1. The molecule has 0 amide bonds. The Labute approximate surface area is 137 Å². The van der Waals surface area contributed by atoms with Crippen molar-refractivity contribution in [3.63, 3.8) is 0 Å². The number of hydrogen-bond acceptors (Lipinski definition) is 4. The zero-order valence-corrected chi connectivity index (χ0v) is 13.1. The SMILES string of the molecule is O=C(O)[C@H]1CN(Cc2cc(=O)c3cc(Cl)ccc3[nH]2)CC[C@H]1O. The average Bonchev–Trinajstić information content (AvgIpc) is 2.50. The topological polar surface area (TPSA) is 93.6 Å². The van der Waals surface area contributed by atoms with Crippen molar-refractivity contribution < 1.29 is 15.0 Å². The number of pyridine rings is 1. The minimum Gasteiger partial charge on any atom is -0.481 e. The van der Waals surface area contributed by atoms with E-state index in [0.717, 1.165) is 0 Å². The molecule has 6 nitrogen and oxygen atoms in total. The molecule has 0 aliphatic carbocycles. The summed E-state index contributed by atoms with van der Waals surface area (Å²) in [6.45, 7) is 1.28. The molecule has 1 saturated heterocycles. The number of rotatable bonds is 3. The summed E-state index contributed by atoms with van der Waals surface area (Å²) in [4.78, 5) is 28.5. The molecule has 1 aliphatic rings. The first-order valence-corrected chi connectivity index (χ1v) is 7.76. The molecular formula is C16H17ClN2O4. The number of halogens is 1. The van der Waals surface area contributed by atoms with Crippen molar-refractivity contribution in [3.8, 4) is 0 Å². The fraction of sp³-hybridized carbons (Fsp3) is 0.375. The Hall–Kier alpha value is -1.89. The molecule has 0 saturated carbocycles. The van der Waals surface area contributed by atoms with Crippen LogP contribution in [0, 0.1) is 5.92 Å². The van der Waals surface area contributed by atoms with Gasteiger partial charge < -0.3 is 15.2 Å². The number of aromatic amines is 1. The third-order valence-electron chi connectivity index (χ3n) is 4.22. The van der Waals surface area contributed by atoms with Gasteiger partial charge >= 0.3 is 5.97 Å². The zero-order valence-electron chi connectivity index (χ0n) is 12.3. The van der Waals surface area contributed by atoms with Gasteiger partial charge in [-0.1, -0.05) is 11.6 Å². The summed E-state index contributed by atoms with van der Waals surface area (Å²) in [7, 11) is 0. The van der Waals surface area contributed by atoms with Crippen molar-refractivity contribution in [1.29, 1.82) is 0 Å². The lowest BCUT2D eigenvalue weighted by Crippen LogP contribution is -2.46. The molecule has 1 aromatic heterocycles. The van der Waals surface area contributed by atoms with E-state index in [2.05, 4.69) is 4.98 Å². The van der Waals surface area contributed by atoms with E-state index < -0.39 is 18.0 Å². The van der Waals surface area contributed by atoms with Crippen LogP contribution in [0.15, 0.2) is 29.1 Å². The molecule has 2 atom stereocenters. The van der Waals surface area contributed by atoms with Crippen LogP contribution in [-0.4, -0.2) is 45.3 Å². The third kappa shape index (κ3) is 3.39. The molecule has 23 heavy (non-hydrogen) atoms. The summed E-state index contributed by atoms with van der Waals surface area (Å²) >= 11 is 5.91. The molecule has 3 N–H and O–H groups in total. The molecule has 3 rings (SSSR count). The predicted molar refractivity (Wildman–Crippen MR) is 86.6 cm³/mol. The van der Waals surface area contributed by atoms with E-state index in [1.165, 1.54) is 6.07 Å². The highest BCUT2D eigenvalue weighted by Crippen LogP contribution is 2.20. The first kappa shape index (κ1) is 16.0. The van der Waals surface area contributed by atoms with Crippen molar-refractivity contribution in [2.24, 2.45) is 5.92 Å². The maximum atomic E-state index is 12.2. The maximum Gasteiger partial charge on any atom is 0.310 e. The van der Waals surface area contributed by atoms with Crippen LogP contribution in [0.3, 0.4) is 0 Å². The minimum atomic E-state index is -0.996. The number of carboxylic acid groups (broad SMARTS) is 1. The number of hydrogen-bond donors (Lipinski definition) is 3. The maximum absolute atomic E-state index is 12.2. The molecule has 0 unspecified atom stereocenters. The highest BCUT2D eigenvalue weighted by molar-refractivity contribution is 6.31. The summed E-state index contributed by atoms with van der Waals surface area (Å²) < 4.78 is 0. The van der Waals surface area contributed by atoms with E-state index in [9.17, 15) is 14.7 Å². The van der Waals surface area contributed by atoms with Crippen LogP contribution < -0.4 is 5.43 Å². The van der Waals surface area contributed by atoms with E-state index >= 15 is 0 Å². The number of likely N-dealkylation sites (tertiary alicyclic amines) is 1. The van der Waals surface area contributed by atoms with Crippen LogP contribution in [0.4, 0.5) is 0 Å². The number of nitrogens with zero attached hydrogens (tertiary/aromatic N) is 1. The van der Waals surface area contributed by atoms with Gasteiger partial charge in [0.2, 0.25) is 0 Å². The fourth-order valence-electron chi connectivity index (χ4n) is 2.99. The molecule has 1 aromatic carbocycles. The van der Waals surface area contributed by atoms with Crippen molar-refractivity contribution in [2.75, 3.05) is 13.1 Å². The standard InChI is InChI=1S/C16H17ClN2O4/c17-9-1-2-13-11(5-9)15(21)6-10(18-13)7-19-4-3-14(20)12(8-19)16(22)23/h1-2,5-6,12,14,20H,3-4,7-8H2,(H,18,21)(H,22,23)/t12-,14+/m0/s1. The number of nitrogens with one attached hydrogen (secondary N) is 1. The average molecular weight is 337 g/mol. The van der Waals surface area contributed by atoms with Gasteiger partial charge in [-0.2, -0.15) is 0 Å². The summed E-state index contributed by atoms with van der Waals surface area (Å²) in [6, 6.07) is 6.60. The Morgan fingerprint density at radius 2 is 2.17 bits per heavy atom. The Bertz CT molecular complexity index is 804. The third-order valence-corrected chi connectivity index (χ3v) is 4.45. The molecule has 0 spiro atoms. The van der Waals surface area contributed by atoms with Gasteiger partial charge in [0.15, 0.2) is 5.43 Å². The highest BCUT2D eigenvalue weighted by atomic mass is 35.5. The van der Waals surface area contributed by atoms with Gasteiger partial charge in [-0.25, -0.2) is 0 Å². The van der Waals surface area contributed by atoms with Crippen molar-refractivity contribution in [2.45, 2.75) is 19.1 Å². The molecule has 122 valence electrons. The molecule has 2 aromatic rings. The van der Waals surface area contributed by atoms with Crippen molar-refractivity contribution in [3.05, 3.63) is 45.2 Å². The summed E-state index contributed by atoms with van der Waals surface area (Å²) in [5, 5.41) is 19.9. The van der Waals surface area contributed by atoms with Gasteiger partial charge in [0.25, 0.3) is 0 Å². The zero-order chi connectivity index (χ0) is 16.6. The number of aliphatic hydroxyl groups excluding tert-OH is 1. The quantitative estimate of drug-likeness (QED) is 0.788. The van der Waals surface area contributed by atoms with Crippen molar-refractivity contribution in [1.82, 2.24) is 9.88 Å². The smallest absolute Gasteiger partial charge is 0.310 e. The van der Waals surface area contributed by atoms with Gasteiger partial charge in [-0.3, -0.25) is 14.5 Å². The number of carbonyl (C=O) groups is 1. The van der Waals surface area contributed by atoms with Gasteiger partial charge in [-0.15, -0.1) is 0 Å². The molecule has 0 bridgehead atoms. The van der Waals surface area contributed by atoms with Crippen LogP contribution in [0.1, 0.15) is 12.1 Å². The Morgan fingerprint density at radius 3 is 2.91 bits per heavy atom. The van der Waals surface area contributed by atoms with Crippen LogP contribution in [0.25, 0.3) is 10.9 Å². The first-order valence-electron chi connectivity index (χ1n) is 7.39. The number of aliphatic hydroxyl groups is 1. The number of benzene rings is 1. The molecule has 7 heteroatoms. The summed E-state index contributed by atoms with van der Waals surface area (Å²) in [5.41, 5.74) is 1.29. The number of H-pyrrole nitrogens is 1. The lowest BCUT2D eigenvalue weighted by atomic mass is 9.95. The van der Waals surface area contributed by atoms with Gasteiger partial charge in [0, 0.05) is 47.3 Å². The van der Waals surface area contributed by atoms with E-state index in [-0.39, 0.29) is 12.0 Å². The Morgan fingerprint density at radius 1 is 1.39 bits per heavy atom. The number of fused-ring (bicyclic) bond motifs is 1. The van der Waals surface area contributed by atoms with Gasteiger partial charge in [-0.05, 0) is 24.6 Å². The molecule has 0 radical (unpaired) electrons. The van der Waals surface area contributed by atoms with Crippen LogP contribution in [0.2, 0.25) is 5.02 Å². The van der Waals surface area contributed by atoms with Crippen LogP contribution in [-0.2, 0) is 11.3 Å². The largest absolute Gasteiger partial charge is 0.481 e. The monoisotopic (exact) mass is 336 g/mol. The number of piperidine rings is 1. The Kier molecular flexibility index (Phi) is 4.39. The second kappa shape index (κ2) is 6.31. The van der Waals surface area contributed by atoms with Gasteiger partial charge in [0.1, 0.15) is 0 Å². The molecule has 1 aliphatic heterocycles. The second-order valence-electron chi connectivity index (χ2n) is 5.88. The lowest BCUT2D eigenvalue weighted by molar-refractivity contribution is -0.149. The van der Waals surface area contributed by atoms with Crippen LogP contribution >= 0.6 is 11.6 Å². The lowest BCUT2D eigenvalue weighted by Gasteiger charge is -2.33. The molecule has 1 fully saturated rings. The van der Waals surface area contributed by atoms with Gasteiger partial charge in [0.05, 0.1) is 12.0 Å². The summed E-state index contributed by atoms with van der Waals surface area (Å²) in [5.74, 6) is -1.79. The van der Waals surface area contributed by atoms with E-state index in [1.54, 1.807) is 18.2 Å². The van der Waals surface area contributed by atoms with E-state index in [0.29, 0.717) is 41.1 Å². The summed E-state index contributed by atoms with van der Waals surface area (Å²) in [6.07, 6.45) is -0.411. The minimum absolute atomic E-state index is 0.122. The van der Waals surface area contributed by atoms with Crippen LogP contribution in [0.5, 0.6) is 0 Å². The van der Waals surface area contributed by atoms with E-state index in [4.69, 9.17) is 16.7 Å². The number of aliphatic carboxylic acids is 1.